The number of ether oxygens (including phenoxy) is 2. The van der Waals surface area contributed by atoms with Crippen molar-refractivity contribution < 1.29 is 24.2 Å². The molecule has 0 rings (SSSR count). The number of hydrogen-bond acceptors (Lipinski definition) is 4. The van der Waals surface area contributed by atoms with E-state index in [0.717, 1.165) is 57.1 Å². The van der Waals surface area contributed by atoms with Gasteiger partial charge in [0, 0.05) is 12.2 Å². The predicted octanol–water partition coefficient (Wildman–Crippen LogP) is 4.79. The maximum absolute atomic E-state index is 11.7. The van der Waals surface area contributed by atoms with Gasteiger partial charge in [-0.3, -0.25) is 0 Å². The molecular formula is C20H32O5. The highest BCUT2D eigenvalue weighted by molar-refractivity contribution is 5.90. The van der Waals surface area contributed by atoms with E-state index < -0.39 is 18.0 Å². The van der Waals surface area contributed by atoms with Gasteiger partial charge >= 0.3 is 11.9 Å². The van der Waals surface area contributed by atoms with E-state index in [9.17, 15) is 9.59 Å². The van der Waals surface area contributed by atoms with Crippen molar-refractivity contribution in [1.82, 2.24) is 0 Å². The van der Waals surface area contributed by atoms with Crippen molar-refractivity contribution in [1.29, 1.82) is 0 Å². The average molecular weight is 352 g/mol. The molecule has 0 amide bonds. The molecule has 0 heterocycles. The van der Waals surface area contributed by atoms with Gasteiger partial charge in [0.15, 0.2) is 6.10 Å². The van der Waals surface area contributed by atoms with Crippen LogP contribution in [0.1, 0.15) is 65.7 Å². The number of rotatable bonds is 14. The van der Waals surface area contributed by atoms with E-state index in [0.29, 0.717) is 0 Å². The Hall–Kier alpha value is -2.04. The molecule has 0 spiro atoms. The molecule has 25 heavy (non-hydrogen) atoms. The quantitative estimate of drug-likeness (QED) is 0.160. The van der Waals surface area contributed by atoms with Crippen LogP contribution in [0, 0.1) is 0 Å². The van der Waals surface area contributed by atoms with Gasteiger partial charge < -0.3 is 14.6 Å². The summed E-state index contributed by atoms with van der Waals surface area (Å²) in [4.78, 5) is 22.1. The molecule has 0 aromatic heterocycles. The second kappa shape index (κ2) is 15.5. The standard InChI is InChI=1S/C20H32O5/c1-4-7-9-10-12-18(25-20(23)14-13-19(21)22)16-24-15-17(6-3)11-8-5-2/h10,12-15,18H,4-9,11,16H2,1-3H3,(H,21,22)/b12-10?,14-13-,17-15?. The number of esters is 1. The summed E-state index contributed by atoms with van der Waals surface area (Å²) in [5.41, 5.74) is 1.23. The van der Waals surface area contributed by atoms with Crippen LogP contribution in [-0.4, -0.2) is 29.8 Å². The lowest BCUT2D eigenvalue weighted by atomic mass is 10.1. The average Bonchev–Trinajstić information content (AvgIpc) is 2.59. The Kier molecular flexibility index (Phi) is 14.2. The Morgan fingerprint density at radius 1 is 1.08 bits per heavy atom. The molecule has 1 N–H and O–H groups in total. The van der Waals surface area contributed by atoms with E-state index in [2.05, 4.69) is 20.8 Å². The predicted molar refractivity (Wildman–Crippen MR) is 99.2 cm³/mol. The molecule has 1 atom stereocenters. The Labute approximate surface area is 151 Å². The van der Waals surface area contributed by atoms with Crippen LogP contribution in [0.15, 0.2) is 36.1 Å². The first-order chi connectivity index (χ1) is 12.0. The molecule has 0 fully saturated rings. The zero-order valence-corrected chi connectivity index (χ0v) is 15.7. The van der Waals surface area contributed by atoms with E-state index >= 15 is 0 Å². The van der Waals surface area contributed by atoms with Gasteiger partial charge in [0.2, 0.25) is 0 Å². The minimum absolute atomic E-state index is 0.213. The molecule has 5 nitrogen and oxygen atoms in total. The first kappa shape index (κ1) is 23.0. The number of carboxylic acid groups (broad SMARTS) is 1. The van der Waals surface area contributed by atoms with Crippen LogP contribution in [0.25, 0.3) is 0 Å². The number of carbonyl (C=O) groups excluding carboxylic acids is 1. The van der Waals surface area contributed by atoms with Crippen LogP contribution in [-0.2, 0) is 19.1 Å². The Bertz CT molecular complexity index is 463. The lowest BCUT2D eigenvalue weighted by Crippen LogP contribution is -2.20. The lowest BCUT2D eigenvalue weighted by Gasteiger charge is -2.14. The summed E-state index contributed by atoms with van der Waals surface area (Å²) in [6.45, 7) is 6.56. The largest absolute Gasteiger partial charge is 0.497 e. The highest BCUT2D eigenvalue weighted by atomic mass is 16.6. The molecule has 1 unspecified atom stereocenters. The number of hydrogen-bond donors (Lipinski definition) is 1. The van der Waals surface area contributed by atoms with Gasteiger partial charge in [-0.05, 0) is 37.3 Å². The van der Waals surface area contributed by atoms with E-state index in [4.69, 9.17) is 14.6 Å². The van der Waals surface area contributed by atoms with Gasteiger partial charge in [0.05, 0.1) is 6.26 Å². The molecule has 0 aliphatic rings. The summed E-state index contributed by atoms with van der Waals surface area (Å²) < 4.78 is 10.8. The number of allylic oxidation sites excluding steroid dienone is 2. The van der Waals surface area contributed by atoms with Crippen LogP contribution in [0.2, 0.25) is 0 Å². The minimum Gasteiger partial charge on any atom is -0.497 e. The van der Waals surface area contributed by atoms with Crippen LogP contribution < -0.4 is 0 Å². The SMILES string of the molecule is CCCCC=CC(COC=C(CC)CCCC)OC(=O)/C=C\C(=O)O. The fraction of sp³-hybridized carbons (Fsp3) is 0.600. The van der Waals surface area contributed by atoms with E-state index in [1.807, 2.05) is 6.08 Å². The summed E-state index contributed by atoms with van der Waals surface area (Å²) in [5.74, 6) is -1.88. The van der Waals surface area contributed by atoms with Gasteiger partial charge in [0.25, 0.3) is 0 Å². The third-order valence-electron chi connectivity index (χ3n) is 3.52. The van der Waals surface area contributed by atoms with Gasteiger partial charge in [0.1, 0.15) is 6.61 Å². The zero-order valence-electron chi connectivity index (χ0n) is 15.7. The third-order valence-corrected chi connectivity index (χ3v) is 3.52. The molecule has 142 valence electrons. The molecule has 0 bridgehead atoms. The van der Waals surface area contributed by atoms with Crippen molar-refractivity contribution >= 4 is 11.9 Å². The van der Waals surface area contributed by atoms with E-state index in [-0.39, 0.29) is 6.61 Å². The normalized spacial score (nSPS) is 13.3. The van der Waals surface area contributed by atoms with Crippen molar-refractivity contribution in [3.8, 4) is 0 Å². The smallest absolute Gasteiger partial charge is 0.331 e. The van der Waals surface area contributed by atoms with Crippen LogP contribution in [0.5, 0.6) is 0 Å². The fourth-order valence-electron chi connectivity index (χ4n) is 2.01. The highest BCUT2D eigenvalue weighted by Gasteiger charge is 2.10. The van der Waals surface area contributed by atoms with Crippen molar-refractivity contribution in [2.45, 2.75) is 71.8 Å². The minimum atomic E-state index is -1.19. The Balaban J connectivity index is 4.66. The zero-order chi connectivity index (χ0) is 18.9. The van der Waals surface area contributed by atoms with E-state index in [1.54, 1.807) is 12.3 Å². The number of aliphatic carboxylic acids is 1. The first-order valence-electron chi connectivity index (χ1n) is 9.11. The van der Waals surface area contributed by atoms with Gasteiger partial charge in [-0.1, -0.05) is 46.1 Å². The van der Waals surface area contributed by atoms with Crippen LogP contribution in [0.3, 0.4) is 0 Å². The molecule has 0 aromatic carbocycles. The van der Waals surface area contributed by atoms with Crippen molar-refractivity contribution in [2.24, 2.45) is 0 Å². The number of unbranched alkanes of at least 4 members (excludes halogenated alkanes) is 3. The Morgan fingerprint density at radius 2 is 1.80 bits per heavy atom. The van der Waals surface area contributed by atoms with E-state index in [1.165, 1.54) is 5.57 Å². The monoisotopic (exact) mass is 352 g/mol. The summed E-state index contributed by atoms with van der Waals surface area (Å²) in [5, 5.41) is 8.56. The lowest BCUT2D eigenvalue weighted by molar-refractivity contribution is -0.143. The molecule has 0 aromatic rings. The summed E-state index contributed by atoms with van der Waals surface area (Å²) in [6.07, 6.45) is 13.9. The summed E-state index contributed by atoms with van der Waals surface area (Å²) >= 11 is 0. The maximum atomic E-state index is 11.7. The Morgan fingerprint density at radius 3 is 2.40 bits per heavy atom. The number of carboxylic acids is 1. The molecule has 0 saturated heterocycles. The van der Waals surface area contributed by atoms with Crippen LogP contribution >= 0.6 is 0 Å². The van der Waals surface area contributed by atoms with Gasteiger partial charge in [-0.2, -0.15) is 0 Å². The molecule has 0 aliphatic carbocycles. The molecule has 0 radical (unpaired) electrons. The second-order valence-corrected chi connectivity index (χ2v) is 5.78. The topological polar surface area (TPSA) is 72.8 Å². The van der Waals surface area contributed by atoms with Crippen LogP contribution in [0.4, 0.5) is 0 Å². The first-order valence-corrected chi connectivity index (χ1v) is 9.11. The third kappa shape index (κ3) is 14.0. The van der Waals surface area contributed by atoms with Crippen molar-refractivity contribution in [2.75, 3.05) is 6.61 Å². The van der Waals surface area contributed by atoms with Gasteiger partial charge in [-0.15, -0.1) is 0 Å². The number of carbonyl (C=O) groups is 2. The molecule has 5 heteroatoms. The maximum Gasteiger partial charge on any atom is 0.331 e. The highest BCUT2D eigenvalue weighted by Crippen LogP contribution is 2.11. The molecule has 0 saturated carbocycles. The second-order valence-electron chi connectivity index (χ2n) is 5.78. The summed E-state index contributed by atoms with van der Waals surface area (Å²) in [7, 11) is 0. The fourth-order valence-corrected chi connectivity index (χ4v) is 2.01. The van der Waals surface area contributed by atoms with Crippen molar-refractivity contribution in [3.63, 3.8) is 0 Å². The van der Waals surface area contributed by atoms with Crippen molar-refractivity contribution in [3.05, 3.63) is 36.1 Å². The van der Waals surface area contributed by atoms with Gasteiger partial charge in [-0.25, -0.2) is 9.59 Å². The molecular weight excluding hydrogens is 320 g/mol. The summed E-state index contributed by atoms with van der Waals surface area (Å²) in [6, 6.07) is 0. The molecule has 0 aliphatic heterocycles.